The molecule has 0 N–H and O–H groups in total. The van der Waals surface area contributed by atoms with Crippen LogP contribution in [0.1, 0.15) is 87.8 Å². The van der Waals surface area contributed by atoms with Gasteiger partial charge in [-0.05, 0) is 59.1 Å². The zero-order chi connectivity index (χ0) is 26.2. The summed E-state index contributed by atoms with van der Waals surface area (Å²) in [6.45, 7) is 14.3. The Hall–Kier alpha value is -2.84. The van der Waals surface area contributed by atoms with Crippen LogP contribution in [0.15, 0.2) is 47.6 Å². The summed E-state index contributed by atoms with van der Waals surface area (Å²) in [4.78, 5) is 15.4. The monoisotopic (exact) mass is 523 g/mol. The molecule has 0 atom stereocenters. The van der Waals surface area contributed by atoms with Crippen molar-refractivity contribution in [1.29, 1.82) is 0 Å². The number of aryl methyl sites for hydroxylation is 1. The second-order valence-electron chi connectivity index (χ2n) is 9.90. The van der Waals surface area contributed by atoms with Crippen molar-refractivity contribution in [3.05, 3.63) is 64.3 Å². The van der Waals surface area contributed by atoms with E-state index in [1.54, 1.807) is 24.5 Å². The van der Waals surface area contributed by atoms with E-state index in [2.05, 4.69) is 30.7 Å². The minimum Gasteiger partial charge on any atom is -0.357 e. The molecule has 0 radical (unpaired) electrons. The summed E-state index contributed by atoms with van der Waals surface area (Å²) in [6.07, 6.45) is 4.13. The second-order valence-corrected chi connectivity index (χ2v) is 12.5. The van der Waals surface area contributed by atoms with Crippen LogP contribution in [-0.2, 0) is 16.5 Å². The predicted octanol–water partition coefficient (Wildman–Crippen LogP) is 7.45. The molecule has 0 aliphatic carbocycles. The van der Waals surface area contributed by atoms with Gasteiger partial charge in [-0.2, -0.15) is 13.4 Å². The number of benzene rings is 1. The largest absolute Gasteiger partial charge is 0.357 e. The fourth-order valence-corrected chi connectivity index (χ4v) is 6.68. The van der Waals surface area contributed by atoms with Crippen LogP contribution in [0, 0.1) is 0 Å². The quantitative estimate of drug-likeness (QED) is 0.223. The molecule has 1 aromatic carbocycles. The topological polar surface area (TPSA) is 82.0 Å². The number of hydrogen-bond donors (Lipinski definition) is 0. The average molecular weight is 524 g/mol. The Bertz CT molecular complexity index is 1460. The molecule has 0 aliphatic rings. The average Bonchev–Trinajstić information content (AvgIpc) is 3.27. The minimum atomic E-state index is -4.19. The van der Waals surface area contributed by atoms with Crippen LogP contribution in [0.4, 0.5) is 0 Å². The van der Waals surface area contributed by atoms with Gasteiger partial charge >= 0.3 is 10.1 Å². The number of hydrogen-bond acceptors (Lipinski definition) is 7. The van der Waals surface area contributed by atoms with Gasteiger partial charge in [-0.15, -0.1) is 11.3 Å². The van der Waals surface area contributed by atoms with Gasteiger partial charge in [0.05, 0.1) is 5.39 Å². The molecule has 0 fully saturated rings. The van der Waals surface area contributed by atoms with Gasteiger partial charge in [-0.3, -0.25) is 4.98 Å². The molecular formula is C28H33N3O3S2. The maximum absolute atomic E-state index is 14.0. The Labute approximate surface area is 217 Å². The van der Waals surface area contributed by atoms with E-state index in [4.69, 9.17) is 9.17 Å². The standard InChI is InChI=1S/C28H33N3O3S2/c1-8-21-15-24-27(30-26(31-28(24)35-21)19-9-11-29-12-10-19)34-36(32,33)25-22(17(4)5)13-20(16(2)3)14-23(25)18(6)7/h9-18H,8H2,1-7H3. The van der Waals surface area contributed by atoms with Gasteiger partial charge in [0.15, 0.2) is 5.82 Å². The highest BCUT2D eigenvalue weighted by Gasteiger charge is 2.30. The van der Waals surface area contributed by atoms with Crippen LogP contribution >= 0.6 is 11.3 Å². The first kappa shape index (κ1) is 26.2. The zero-order valence-corrected chi connectivity index (χ0v) is 23.5. The normalized spacial score (nSPS) is 12.3. The molecule has 4 rings (SSSR count). The summed E-state index contributed by atoms with van der Waals surface area (Å²) in [7, 11) is -4.19. The van der Waals surface area contributed by atoms with Crippen molar-refractivity contribution in [3.63, 3.8) is 0 Å². The summed E-state index contributed by atoms with van der Waals surface area (Å²) in [5.74, 6) is 0.740. The highest BCUT2D eigenvalue weighted by Crippen LogP contribution is 2.38. The number of nitrogens with zero attached hydrogens (tertiary/aromatic N) is 3. The van der Waals surface area contributed by atoms with Crippen LogP contribution in [0.3, 0.4) is 0 Å². The van der Waals surface area contributed by atoms with Crippen molar-refractivity contribution in [2.24, 2.45) is 0 Å². The first-order valence-electron chi connectivity index (χ1n) is 12.3. The molecule has 0 unspecified atom stereocenters. The van der Waals surface area contributed by atoms with Crippen molar-refractivity contribution in [1.82, 2.24) is 15.0 Å². The Morgan fingerprint density at radius 3 is 2.03 bits per heavy atom. The fraction of sp³-hybridized carbons (Fsp3) is 0.393. The Balaban J connectivity index is 1.93. The van der Waals surface area contributed by atoms with Gasteiger partial charge in [-0.25, -0.2) is 4.98 Å². The van der Waals surface area contributed by atoms with Crippen molar-refractivity contribution in [3.8, 4) is 17.3 Å². The third-order valence-corrected chi connectivity index (χ3v) is 8.74. The number of aromatic nitrogens is 3. The molecule has 8 heteroatoms. The molecular weight excluding hydrogens is 490 g/mol. The molecule has 0 saturated carbocycles. The number of pyridine rings is 1. The number of rotatable bonds is 8. The lowest BCUT2D eigenvalue weighted by Crippen LogP contribution is -2.18. The van der Waals surface area contributed by atoms with Crippen molar-refractivity contribution in [2.45, 2.75) is 77.5 Å². The molecule has 0 bridgehead atoms. The highest BCUT2D eigenvalue weighted by molar-refractivity contribution is 7.87. The molecule has 3 heterocycles. The van der Waals surface area contributed by atoms with Crippen LogP contribution < -0.4 is 4.18 Å². The lowest BCUT2D eigenvalue weighted by Gasteiger charge is -2.22. The van der Waals surface area contributed by atoms with E-state index in [-0.39, 0.29) is 28.5 Å². The molecule has 0 amide bonds. The Morgan fingerprint density at radius 2 is 1.50 bits per heavy atom. The van der Waals surface area contributed by atoms with E-state index >= 15 is 0 Å². The molecule has 0 aliphatic heterocycles. The molecule has 4 aromatic rings. The van der Waals surface area contributed by atoms with Gasteiger partial charge in [0.25, 0.3) is 0 Å². The number of fused-ring (bicyclic) bond motifs is 1. The van der Waals surface area contributed by atoms with E-state index in [1.807, 2.05) is 45.9 Å². The van der Waals surface area contributed by atoms with E-state index in [0.717, 1.165) is 33.6 Å². The van der Waals surface area contributed by atoms with Crippen LogP contribution in [0.5, 0.6) is 5.88 Å². The van der Waals surface area contributed by atoms with E-state index < -0.39 is 10.1 Å². The minimum absolute atomic E-state index is 0.000198. The Morgan fingerprint density at radius 1 is 0.889 bits per heavy atom. The summed E-state index contributed by atoms with van der Waals surface area (Å²) in [6, 6.07) is 9.54. The van der Waals surface area contributed by atoms with Crippen molar-refractivity contribution < 1.29 is 12.6 Å². The van der Waals surface area contributed by atoms with Crippen LogP contribution in [0.25, 0.3) is 21.6 Å². The van der Waals surface area contributed by atoms with Gasteiger partial charge in [0.2, 0.25) is 5.88 Å². The van der Waals surface area contributed by atoms with Gasteiger partial charge in [-0.1, -0.05) is 60.6 Å². The van der Waals surface area contributed by atoms with Gasteiger partial charge in [0, 0.05) is 22.8 Å². The van der Waals surface area contributed by atoms with E-state index in [0.29, 0.717) is 16.0 Å². The first-order valence-corrected chi connectivity index (χ1v) is 14.6. The smallest absolute Gasteiger partial charge is 0.341 e. The summed E-state index contributed by atoms with van der Waals surface area (Å²) >= 11 is 1.52. The maximum Gasteiger partial charge on any atom is 0.341 e. The summed E-state index contributed by atoms with van der Waals surface area (Å²) in [5.41, 5.74) is 3.40. The van der Waals surface area contributed by atoms with Gasteiger partial charge in [0.1, 0.15) is 9.73 Å². The second kappa shape index (κ2) is 10.3. The fourth-order valence-electron chi connectivity index (χ4n) is 4.14. The van der Waals surface area contributed by atoms with E-state index in [1.165, 1.54) is 11.3 Å². The molecule has 0 saturated heterocycles. The summed E-state index contributed by atoms with van der Waals surface area (Å²) in [5, 5.41) is 0.606. The number of thiophene rings is 1. The van der Waals surface area contributed by atoms with Crippen LogP contribution in [0.2, 0.25) is 0 Å². The van der Waals surface area contributed by atoms with E-state index in [9.17, 15) is 8.42 Å². The van der Waals surface area contributed by atoms with Crippen molar-refractivity contribution in [2.75, 3.05) is 0 Å². The SMILES string of the molecule is CCc1cc2c(OS(=O)(=O)c3c(C(C)C)cc(C(C)C)cc3C(C)C)nc(-c3ccncc3)nc2s1. The maximum atomic E-state index is 14.0. The molecule has 0 spiro atoms. The molecule has 190 valence electrons. The van der Waals surface area contributed by atoms with Gasteiger partial charge < -0.3 is 4.18 Å². The Kier molecular flexibility index (Phi) is 7.48. The molecule has 36 heavy (non-hydrogen) atoms. The summed E-state index contributed by atoms with van der Waals surface area (Å²) < 4.78 is 33.9. The molecule has 6 nitrogen and oxygen atoms in total. The van der Waals surface area contributed by atoms with Crippen LogP contribution in [-0.4, -0.2) is 23.4 Å². The highest BCUT2D eigenvalue weighted by atomic mass is 32.2. The lowest BCUT2D eigenvalue weighted by atomic mass is 9.89. The molecule has 3 aromatic heterocycles. The lowest BCUT2D eigenvalue weighted by molar-refractivity contribution is 0.475. The zero-order valence-electron chi connectivity index (χ0n) is 21.9. The third kappa shape index (κ3) is 5.15. The predicted molar refractivity (Wildman–Crippen MR) is 147 cm³/mol. The van der Waals surface area contributed by atoms with Crippen molar-refractivity contribution >= 4 is 31.7 Å². The first-order chi connectivity index (χ1) is 17.0. The third-order valence-electron chi connectivity index (χ3n) is 6.21.